The summed E-state index contributed by atoms with van der Waals surface area (Å²) >= 11 is 0. The molecule has 3 rings (SSSR count). The molecule has 146 valence electrons. The van der Waals surface area contributed by atoms with Gasteiger partial charge in [-0.3, -0.25) is 9.89 Å². The van der Waals surface area contributed by atoms with Crippen molar-refractivity contribution in [2.45, 2.75) is 23.7 Å². The summed E-state index contributed by atoms with van der Waals surface area (Å²) in [6, 6.07) is 6.37. The molecule has 2 aromatic rings. The van der Waals surface area contributed by atoms with Crippen LogP contribution in [0.4, 0.5) is 0 Å². The first-order valence-electron chi connectivity index (χ1n) is 8.73. The van der Waals surface area contributed by atoms with Gasteiger partial charge >= 0.3 is 0 Å². The smallest absolute Gasteiger partial charge is 0.256 e. The van der Waals surface area contributed by atoms with Gasteiger partial charge in [0, 0.05) is 33.1 Å². The molecule has 1 saturated heterocycles. The molecule has 1 atom stereocenters. The number of H-pyrrole nitrogens is 1. The third kappa shape index (κ3) is 3.84. The number of methoxy groups -OCH3 is 1. The van der Waals surface area contributed by atoms with E-state index in [-0.39, 0.29) is 16.7 Å². The second-order valence-electron chi connectivity index (χ2n) is 6.77. The topological polar surface area (TPSA) is 95.6 Å². The number of hydrogen-bond donors (Lipinski definition) is 1. The van der Waals surface area contributed by atoms with E-state index in [0.717, 1.165) is 6.42 Å². The van der Waals surface area contributed by atoms with Crippen molar-refractivity contribution in [2.24, 2.45) is 0 Å². The van der Waals surface area contributed by atoms with Gasteiger partial charge in [0.05, 0.1) is 29.5 Å². The van der Waals surface area contributed by atoms with Crippen molar-refractivity contribution in [3.05, 3.63) is 41.7 Å². The predicted octanol–water partition coefficient (Wildman–Crippen LogP) is 1.69. The number of sulfonamides is 1. The Kier molecular flexibility index (Phi) is 5.52. The van der Waals surface area contributed by atoms with Crippen LogP contribution in [0, 0.1) is 0 Å². The van der Waals surface area contributed by atoms with Crippen molar-refractivity contribution in [3.63, 3.8) is 0 Å². The number of nitrogens with one attached hydrogen (secondary N) is 1. The van der Waals surface area contributed by atoms with Gasteiger partial charge in [-0.25, -0.2) is 8.42 Å². The number of nitrogens with zero attached hydrogens (tertiary/aromatic N) is 3. The second kappa shape index (κ2) is 7.69. The molecule has 8 nitrogen and oxygen atoms in total. The number of benzene rings is 1. The first kappa shape index (κ1) is 19.4. The fourth-order valence-electron chi connectivity index (χ4n) is 3.31. The van der Waals surface area contributed by atoms with E-state index in [0.29, 0.717) is 36.5 Å². The van der Waals surface area contributed by atoms with Gasteiger partial charge in [-0.05, 0) is 37.1 Å². The number of rotatable bonds is 5. The monoisotopic (exact) mass is 392 g/mol. The maximum absolute atomic E-state index is 13.0. The summed E-state index contributed by atoms with van der Waals surface area (Å²) in [6.07, 6.45) is 3.02. The molecule has 0 bridgehead atoms. The zero-order chi connectivity index (χ0) is 19.6. The Morgan fingerprint density at radius 3 is 2.63 bits per heavy atom. The lowest BCUT2D eigenvalue weighted by Gasteiger charge is -2.32. The SMILES string of the molecule is COc1ccc(S(=O)(=O)N2CCC[C@@H](c3[nH]ncc3C(=O)N(C)C)C2)cc1. The number of aromatic nitrogens is 2. The summed E-state index contributed by atoms with van der Waals surface area (Å²) in [5.41, 5.74) is 1.19. The first-order chi connectivity index (χ1) is 12.8. The number of amides is 1. The van der Waals surface area contributed by atoms with Crippen LogP contribution in [0.2, 0.25) is 0 Å². The molecule has 9 heteroatoms. The lowest BCUT2D eigenvalue weighted by atomic mass is 9.93. The minimum Gasteiger partial charge on any atom is -0.497 e. The van der Waals surface area contributed by atoms with Crippen LogP contribution < -0.4 is 4.74 Å². The first-order valence-corrected chi connectivity index (χ1v) is 10.2. The largest absolute Gasteiger partial charge is 0.497 e. The lowest BCUT2D eigenvalue weighted by Crippen LogP contribution is -2.39. The van der Waals surface area contributed by atoms with Gasteiger partial charge in [0.15, 0.2) is 0 Å². The summed E-state index contributed by atoms with van der Waals surface area (Å²) in [4.78, 5) is 14.1. The van der Waals surface area contributed by atoms with E-state index in [9.17, 15) is 13.2 Å². The third-order valence-electron chi connectivity index (χ3n) is 4.79. The molecular formula is C18H24N4O4S. The van der Waals surface area contributed by atoms with Crippen molar-refractivity contribution in [2.75, 3.05) is 34.3 Å². The van der Waals surface area contributed by atoms with Crippen LogP contribution in [-0.2, 0) is 10.0 Å². The summed E-state index contributed by atoms with van der Waals surface area (Å²) < 4.78 is 32.6. The fraction of sp³-hybridized carbons (Fsp3) is 0.444. The Hall–Kier alpha value is -2.39. The number of hydrogen-bond acceptors (Lipinski definition) is 5. The van der Waals surface area contributed by atoms with Crippen LogP contribution in [0.25, 0.3) is 0 Å². The molecule has 1 aliphatic heterocycles. The van der Waals surface area contributed by atoms with E-state index in [2.05, 4.69) is 10.2 Å². The van der Waals surface area contributed by atoms with Crippen LogP contribution in [0.1, 0.15) is 34.8 Å². The van der Waals surface area contributed by atoms with Gasteiger partial charge in [-0.1, -0.05) is 0 Å². The molecule has 1 fully saturated rings. The minimum absolute atomic E-state index is 0.104. The fourth-order valence-corrected chi connectivity index (χ4v) is 4.84. The summed E-state index contributed by atoms with van der Waals surface area (Å²) in [7, 11) is 1.29. The molecule has 27 heavy (non-hydrogen) atoms. The van der Waals surface area contributed by atoms with Crippen LogP contribution in [0.5, 0.6) is 5.75 Å². The quantitative estimate of drug-likeness (QED) is 0.835. The molecule has 1 aromatic heterocycles. The highest BCUT2D eigenvalue weighted by molar-refractivity contribution is 7.89. The molecular weight excluding hydrogens is 368 g/mol. The zero-order valence-electron chi connectivity index (χ0n) is 15.7. The average molecular weight is 392 g/mol. The predicted molar refractivity (Wildman–Crippen MR) is 100 cm³/mol. The van der Waals surface area contributed by atoms with Crippen molar-refractivity contribution < 1.29 is 17.9 Å². The number of piperidine rings is 1. The van der Waals surface area contributed by atoms with E-state index >= 15 is 0 Å². The molecule has 2 heterocycles. The molecule has 0 aliphatic carbocycles. The van der Waals surface area contributed by atoms with Crippen molar-refractivity contribution >= 4 is 15.9 Å². The van der Waals surface area contributed by atoms with E-state index in [1.54, 1.807) is 38.4 Å². The number of carbonyl (C=O) groups is 1. The van der Waals surface area contributed by atoms with Gasteiger partial charge in [0.1, 0.15) is 5.75 Å². The average Bonchev–Trinajstić information content (AvgIpc) is 3.17. The Balaban J connectivity index is 1.84. The number of ether oxygens (including phenoxy) is 1. The zero-order valence-corrected chi connectivity index (χ0v) is 16.5. The van der Waals surface area contributed by atoms with Gasteiger partial charge in [0.2, 0.25) is 10.0 Å². The Labute approximate surface area is 159 Å². The molecule has 0 radical (unpaired) electrons. The summed E-state index contributed by atoms with van der Waals surface area (Å²) in [5, 5.41) is 6.91. The maximum Gasteiger partial charge on any atom is 0.256 e. The van der Waals surface area contributed by atoms with Crippen molar-refractivity contribution in [3.8, 4) is 5.75 Å². The van der Waals surface area contributed by atoms with Crippen LogP contribution in [-0.4, -0.2) is 68.0 Å². The number of aromatic amines is 1. The molecule has 0 unspecified atom stereocenters. The van der Waals surface area contributed by atoms with E-state index < -0.39 is 10.0 Å². The van der Waals surface area contributed by atoms with Crippen LogP contribution >= 0.6 is 0 Å². The highest BCUT2D eigenvalue weighted by atomic mass is 32.2. The Morgan fingerprint density at radius 2 is 2.00 bits per heavy atom. The molecule has 1 amide bonds. The van der Waals surface area contributed by atoms with Gasteiger partial charge in [-0.2, -0.15) is 9.40 Å². The molecule has 1 aromatic carbocycles. The molecule has 1 N–H and O–H groups in total. The number of carbonyl (C=O) groups excluding carboxylic acids is 1. The van der Waals surface area contributed by atoms with Gasteiger partial charge in [-0.15, -0.1) is 0 Å². The lowest BCUT2D eigenvalue weighted by molar-refractivity contribution is 0.0825. The maximum atomic E-state index is 13.0. The molecule has 0 spiro atoms. The Morgan fingerprint density at radius 1 is 1.30 bits per heavy atom. The van der Waals surface area contributed by atoms with Crippen LogP contribution in [0.15, 0.2) is 35.4 Å². The third-order valence-corrected chi connectivity index (χ3v) is 6.67. The molecule has 1 aliphatic rings. The highest BCUT2D eigenvalue weighted by Crippen LogP contribution is 2.31. The van der Waals surface area contributed by atoms with Gasteiger partial charge < -0.3 is 9.64 Å². The molecule has 0 saturated carbocycles. The van der Waals surface area contributed by atoms with Gasteiger partial charge in [0.25, 0.3) is 5.91 Å². The minimum atomic E-state index is -3.61. The Bertz CT molecular complexity index is 906. The summed E-state index contributed by atoms with van der Waals surface area (Å²) in [6.45, 7) is 0.764. The standard InChI is InChI=1S/C18H24N4O4S/c1-21(2)18(23)16-11-19-20-17(16)13-5-4-10-22(12-13)27(24,25)15-8-6-14(26-3)7-9-15/h6-9,11,13H,4-5,10,12H2,1-3H3,(H,19,20)/t13-/m1/s1. The van der Waals surface area contributed by atoms with Crippen molar-refractivity contribution in [1.82, 2.24) is 19.4 Å². The highest BCUT2D eigenvalue weighted by Gasteiger charge is 2.33. The van der Waals surface area contributed by atoms with Crippen LogP contribution in [0.3, 0.4) is 0 Å². The second-order valence-corrected chi connectivity index (χ2v) is 8.71. The van der Waals surface area contributed by atoms with Crippen molar-refractivity contribution in [1.29, 1.82) is 0 Å². The van der Waals surface area contributed by atoms with E-state index in [1.165, 1.54) is 22.5 Å². The van der Waals surface area contributed by atoms with E-state index in [4.69, 9.17) is 4.74 Å². The summed E-state index contributed by atoms with van der Waals surface area (Å²) in [5.74, 6) is 0.358. The normalized spacial score (nSPS) is 18.3. The van der Waals surface area contributed by atoms with E-state index in [1.807, 2.05) is 0 Å².